The maximum absolute atomic E-state index is 12.9. The fourth-order valence-corrected chi connectivity index (χ4v) is 4.70. The summed E-state index contributed by atoms with van der Waals surface area (Å²) in [4.78, 5) is 51.7. The SMILES string of the molecule is CCCN(CCC)C(=O)CSC1=C(C#N)[C@@H](c2ccc(C(=O)OC)cc2)[C@H](C(=O)OC)C(=O)N1. The molecular formula is C24H29N3O6S. The van der Waals surface area contributed by atoms with Crippen molar-refractivity contribution in [3.63, 3.8) is 0 Å². The molecule has 1 N–H and O–H groups in total. The van der Waals surface area contributed by atoms with Gasteiger partial charge in [0.1, 0.15) is 5.92 Å². The van der Waals surface area contributed by atoms with Gasteiger partial charge in [-0.15, -0.1) is 0 Å². The van der Waals surface area contributed by atoms with Crippen LogP contribution in [0.25, 0.3) is 0 Å². The molecule has 0 fully saturated rings. The number of nitriles is 1. The molecule has 0 bridgehead atoms. The second-order valence-corrected chi connectivity index (χ2v) is 8.59. The Morgan fingerprint density at radius 1 is 1.09 bits per heavy atom. The lowest BCUT2D eigenvalue weighted by atomic mass is 9.78. The van der Waals surface area contributed by atoms with E-state index in [1.54, 1.807) is 17.0 Å². The molecule has 0 aromatic heterocycles. The number of allylic oxidation sites excluding steroid dienone is 1. The highest BCUT2D eigenvalue weighted by Crippen LogP contribution is 2.40. The standard InChI is InChI=1S/C24H29N3O6S/c1-5-11-27(12-6-2)18(28)14-34-22-17(13-25)19(20(21(29)26-22)24(31)33-4)15-7-9-16(10-8-15)23(30)32-3/h7-10,19-20H,5-6,11-12,14H2,1-4H3,(H,26,29)/t19-,20+/m1/s1. The number of rotatable bonds is 10. The summed E-state index contributed by atoms with van der Waals surface area (Å²) in [5, 5.41) is 12.8. The van der Waals surface area contributed by atoms with Gasteiger partial charge < -0.3 is 19.7 Å². The minimum absolute atomic E-state index is 0.0394. The van der Waals surface area contributed by atoms with Crippen LogP contribution in [-0.4, -0.2) is 61.7 Å². The predicted octanol–water partition coefficient (Wildman–Crippen LogP) is 2.59. The second-order valence-electron chi connectivity index (χ2n) is 7.61. The number of nitrogens with one attached hydrogen (secondary N) is 1. The first-order valence-corrected chi connectivity index (χ1v) is 11.9. The van der Waals surface area contributed by atoms with E-state index in [0.29, 0.717) is 18.7 Å². The Morgan fingerprint density at radius 2 is 1.71 bits per heavy atom. The number of hydrogen-bond donors (Lipinski definition) is 1. The zero-order valence-corrected chi connectivity index (χ0v) is 20.6. The van der Waals surface area contributed by atoms with Crippen molar-refractivity contribution in [3.8, 4) is 6.07 Å². The molecule has 1 aliphatic rings. The molecule has 0 unspecified atom stereocenters. The van der Waals surface area contributed by atoms with Crippen LogP contribution in [0.3, 0.4) is 0 Å². The van der Waals surface area contributed by atoms with Crippen LogP contribution in [-0.2, 0) is 23.9 Å². The Hall–Kier alpha value is -3.32. The van der Waals surface area contributed by atoms with Crippen LogP contribution in [0.4, 0.5) is 0 Å². The van der Waals surface area contributed by atoms with Crippen molar-refractivity contribution in [2.45, 2.75) is 32.6 Å². The summed E-state index contributed by atoms with van der Waals surface area (Å²) >= 11 is 1.06. The minimum atomic E-state index is -1.29. The molecule has 1 aromatic rings. The molecule has 0 saturated carbocycles. The average Bonchev–Trinajstić information content (AvgIpc) is 2.85. The number of hydrogen-bond acceptors (Lipinski definition) is 8. The first-order chi connectivity index (χ1) is 16.3. The van der Waals surface area contributed by atoms with Crippen molar-refractivity contribution in [1.82, 2.24) is 10.2 Å². The van der Waals surface area contributed by atoms with Gasteiger partial charge in [-0.05, 0) is 30.5 Å². The van der Waals surface area contributed by atoms with E-state index in [1.165, 1.54) is 26.4 Å². The molecule has 0 radical (unpaired) electrons. The van der Waals surface area contributed by atoms with Gasteiger partial charge in [-0.25, -0.2) is 4.79 Å². The summed E-state index contributed by atoms with van der Waals surface area (Å²) in [5.41, 5.74) is 0.921. The van der Waals surface area contributed by atoms with Gasteiger partial charge in [0.05, 0.1) is 42.2 Å². The molecule has 2 rings (SSSR count). The third-order valence-electron chi connectivity index (χ3n) is 5.35. The molecule has 2 amide bonds. The number of benzene rings is 1. The van der Waals surface area contributed by atoms with Crippen LogP contribution in [0.5, 0.6) is 0 Å². The Balaban J connectivity index is 2.44. The third kappa shape index (κ3) is 6.17. The van der Waals surface area contributed by atoms with Gasteiger partial charge in [-0.1, -0.05) is 37.7 Å². The second kappa shape index (κ2) is 12.8. The molecule has 1 aliphatic heterocycles. The number of nitrogens with zero attached hydrogens (tertiary/aromatic N) is 2. The van der Waals surface area contributed by atoms with E-state index in [2.05, 4.69) is 11.4 Å². The first-order valence-electron chi connectivity index (χ1n) is 10.9. The molecule has 34 heavy (non-hydrogen) atoms. The summed E-state index contributed by atoms with van der Waals surface area (Å²) in [5.74, 6) is -4.23. The summed E-state index contributed by atoms with van der Waals surface area (Å²) in [6, 6.07) is 8.24. The van der Waals surface area contributed by atoms with Gasteiger partial charge in [-0.3, -0.25) is 14.4 Å². The van der Waals surface area contributed by atoms with Crippen molar-refractivity contribution in [3.05, 3.63) is 46.0 Å². The van der Waals surface area contributed by atoms with Crippen LogP contribution in [0.15, 0.2) is 34.9 Å². The molecule has 9 nitrogen and oxygen atoms in total. The van der Waals surface area contributed by atoms with E-state index in [-0.39, 0.29) is 27.8 Å². The van der Waals surface area contributed by atoms with Crippen molar-refractivity contribution in [1.29, 1.82) is 5.26 Å². The van der Waals surface area contributed by atoms with E-state index in [0.717, 1.165) is 24.6 Å². The normalized spacial score (nSPS) is 17.4. The van der Waals surface area contributed by atoms with Gasteiger partial charge in [0, 0.05) is 19.0 Å². The summed E-state index contributed by atoms with van der Waals surface area (Å²) < 4.78 is 9.53. The molecule has 1 heterocycles. The number of esters is 2. The number of carbonyl (C=O) groups excluding carboxylic acids is 4. The van der Waals surface area contributed by atoms with Crippen molar-refractivity contribution < 1.29 is 28.7 Å². The molecule has 1 aromatic carbocycles. The van der Waals surface area contributed by atoms with Gasteiger partial charge in [0.2, 0.25) is 11.8 Å². The van der Waals surface area contributed by atoms with Crippen molar-refractivity contribution in [2.24, 2.45) is 5.92 Å². The topological polar surface area (TPSA) is 126 Å². The highest BCUT2D eigenvalue weighted by Gasteiger charge is 2.44. The van der Waals surface area contributed by atoms with E-state index >= 15 is 0 Å². The lowest BCUT2D eigenvalue weighted by Gasteiger charge is -2.31. The molecule has 182 valence electrons. The summed E-state index contributed by atoms with van der Waals surface area (Å²) in [6.45, 7) is 5.24. The van der Waals surface area contributed by atoms with Gasteiger partial charge in [0.15, 0.2) is 0 Å². The number of amides is 2. The van der Waals surface area contributed by atoms with E-state index in [9.17, 15) is 24.4 Å². The fourth-order valence-electron chi connectivity index (χ4n) is 3.75. The lowest BCUT2D eigenvalue weighted by molar-refractivity contribution is -0.150. The van der Waals surface area contributed by atoms with Crippen LogP contribution >= 0.6 is 11.8 Å². The Labute approximate surface area is 203 Å². The van der Waals surface area contributed by atoms with Crippen molar-refractivity contribution >= 4 is 35.5 Å². The third-order valence-corrected chi connectivity index (χ3v) is 6.36. The van der Waals surface area contributed by atoms with Gasteiger partial charge in [0.25, 0.3) is 0 Å². The van der Waals surface area contributed by atoms with E-state index < -0.39 is 29.7 Å². The summed E-state index contributed by atoms with van der Waals surface area (Å²) in [6.07, 6.45) is 1.65. The fraction of sp³-hybridized carbons (Fsp3) is 0.458. The molecule has 0 aliphatic carbocycles. The summed E-state index contributed by atoms with van der Waals surface area (Å²) in [7, 11) is 2.43. The zero-order valence-electron chi connectivity index (χ0n) is 19.8. The molecule has 0 spiro atoms. The Kier molecular flexibility index (Phi) is 10.1. The van der Waals surface area contributed by atoms with Gasteiger partial charge in [-0.2, -0.15) is 5.26 Å². The van der Waals surface area contributed by atoms with E-state index in [1.807, 2.05) is 13.8 Å². The predicted molar refractivity (Wildman–Crippen MR) is 126 cm³/mol. The van der Waals surface area contributed by atoms with Crippen LogP contribution in [0, 0.1) is 17.2 Å². The number of carbonyl (C=O) groups is 4. The average molecular weight is 488 g/mol. The van der Waals surface area contributed by atoms with Crippen molar-refractivity contribution in [2.75, 3.05) is 33.1 Å². The minimum Gasteiger partial charge on any atom is -0.468 e. The van der Waals surface area contributed by atoms with Crippen LogP contribution in [0.1, 0.15) is 48.5 Å². The Bertz CT molecular complexity index is 993. The molecular weight excluding hydrogens is 458 g/mol. The first kappa shape index (κ1) is 26.9. The number of methoxy groups -OCH3 is 2. The maximum Gasteiger partial charge on any atom is 0.337 e. The highest BCUT2D eigenvalue weighted by atomic mass is 32.2. The lowest BCUT2D eigenvalue weighted by Crippen LogP contribution is -2.44. The molecule has 10 heteroatoms. The smallest absolute Gasteiger partial charge is 0.337 e. The van der Waals surface area contributed by atoms with Gasteiger partial charge >= 0.3 is 11.9 Å². The van der Waals surface area contributed by atoms with Crippen LogP contribution in [0.2, 0.25) is 0 Å². The van der Waals surface area contributed by atoms with E-state index in [4.69, 9.17) is 9.47 Å². The van der Waals surface area contributed by atoms with Crippen LogP contribution < -0.4 is 5.32 Å². The molecule has 2 atom stereocenters. The monoisotopic (exact) mass is 487 g/mol. The Morgan fingerprint density at radius 3 is 2.21 bits per heavy atom. The molecule has 0 saturated heterocycles. The number of thioether (sulfide) groups is 1. The highest BCUT2D eigenvalue weighted by molar-refractivity contribution is 8.03. The maximum atomic E-state index is 12.9. The number of ether oxygens (including phenoxy) is 2. The largest absolute Gasteiger partial charge is 0.468 e. The quantitative estimate of drug-likeness (QED) is 0.394. The zero-order chi connectivity index (χ0) is 25.3.